The van der Waals surface area contributed by atoms with Gasteiger partial charge in [-0.15, -0.1) is 0 Å². The third-order valence-corrected chi connectivity index (χ3v) is 28.9. The van der Waals surface area contributed by atoms with Gasteiger partial charge in [0.2, 0.25) is 0 Å². The Morgan fingerprint density at radius 2 is 0.614 bits per heavy atom. The lowest BCUT2D eigenvalue weighted by molar-refractivity contribution is 0.433. The first-order valence-electron chi connectivity index (χ1n) is 45.5. The molecule has 0 saturated carbocycles. The van der Waals surface area contributed by atoms with Crippen LogP contribution in [0.4, 0.5) is 23.3 Å². The van der Waals surface area contributed by atoms with E-state index >= 15 is 0 Å². The highest BCUT2D eigenvalue weighted by molar-refractivity contribution is 7.92. The Morgan fingerprint density at radius 3 is 0.939 bits per heavy atom. The van der Waals surface area contributed by atoms with Crippen molar-refractivity contribution in [3.05, 3.63) is 265 Å². The number of nitrogens with one attached hydrogen (secondary N) is 4. The number of nitrogens with two attached hydrogens (primary N) is 4. The maximum Gasteiger partial charge on any atom is 0.189 e. The molecule has 1 unspecified atom stereocenters. The molecule has 680 valence electrons. The first-order valence-corrected chi connectivity index (χ1v) is 47.1. The molecule has 0 spiro atoms. The standard InChI is InChI=1S/4C24H25N5O3S/c4*1-15(2)33(30,31)19-10-8-18(9-11-19)21-14-27-24(25)23(28-21)22-12-20(29-32-22)17-6-4-16(5-7-17)13-26-3/h4*4-12,14-15,26H,13H2,1-3H3,(H2,25,27)/i12D,13D2;3D3,15D;13D;8D. The molecule has 8 aromatic carbocycles. The number of hydrogen-bond acceptors (Lipinski definition) is 32. The van der Waals surface area contributed by atoms with E-state index in [0.717, 1.165) is 39.9 Å². The third-order valence-electron chi connectivity index (χ3n) is 20.4. The van der Waals surface area contributed by atoms with Crippen LogP contribution in [0.3, 0.4) is 0 Å². The Kier molecular flexibility index (Phi) is 26.3. The van der Waals surface area contributed by atoms with Gasteiger partial charge in [-0.05, 0) is 154 Å². The van der Waals surface area contributed by atoms with E-state index in [9.17, 15) is 33.7 Å². The van der Waals surface area contributed by atoms with Gasteiger partial charge in [-0.1, -0.05) is 166 Å². The van der Waals surface area contributed by atoms with Crippen LogP contribution in [-0.4, -0.2) is 143 Å². The largest absolute Gasteiger partial charge is 0.382 e. The molecule has 0 aliphatic rings. The lowest BCUT2D eigenvalue weighted by Gasteiger charge is -2.09. The molecule has 0 amide bonds. The van der Waals surface area contributed by atoms with Crippen LogP contribution < -0.4 is 44.2 Å². The van der Waals surface area contributed by atoms with Gasteiger partial charge in [0.05, 0.1) is 90.9 Å². The number of anilines is 4. The summed E-state index contributed by atoms with van der Waals surface area (Å²) in [5.41, 5.74) is 37.6. The van der Waals surface area contributed by atoms with Gasteiger partial charge in [0, 0.05) is 104 Å². The van der Waals surface area contributed by atoms with E-state index in [1.807, 2.05) is 55.6 Å². The maximum absolute atomic E-state index is 12.5. The average Bonchev–Trinajstić information content (AvgIpc) is 1.77. The Hall–Kier alpha value is -14.2. The molecule has 8 aromatic heterocycles. The van der Waals surface area contributed by atoms with Crippen molar-refractivity contribution in [3.8, 4) is 136 Å². The minimum atomic E-state index is -3.81. The van der Waals surface area contributed by atoms with Gasteiger partial charge in [-0.3, -0.25) is 0 Å². The summed E-state index contributed by atoms with van der Waals surface area (Å²) < 4.78 is 192. The summed E-state index contributed by atoms with van der Waals surface area (Å²) in [6, 6.07) is 57.5. The fraction of sp³-hybridized carbons (Fsp3) is 0.208. The van der Waals surface area contributed by atoms with Crippen molar-refractivity contribution in [1.82, 2.24) is 81.8 Å². The summed E-state index contributed by atoms with van der Waals surface area (Å²) in [6.07, 6.45) is 5.90. The second-order valence-electron chi connectivity index (χ2n) is 30.7. The molecule has 0 fully saturated rings. The third kappa shape index (κ3) is 22.3. The van der Waals surface area contributed by atoms with Crippen molar-refractivity contribution >= 4 is 62.6 Å². The van der Waals surface area contributed by atoms with Crippen molar-refractivity contribution in [3.63, 3.8) is 0 Å². The molecule has 16 aromatic rings. The lowest BCUT2D eigenvalue weighted by atomic mass is 10.1. The van der Waals surface area contributed by atoms with E-state index in [-0.39, 0.29) is 84.3 Å². The van der Waals surface area contributed by atoms with E-state index in [4.69, 9.17) is 53.4 Å². The molecule has 36 heteroatoms. The number of nitrogens with zero attached hydrogens (tertiary/aromatic N) is 12. The number of benzene rings is 8. The van der Waals surface area contributed by atoms with Gasteiger partial charge < -0.3 is 62.3 Å². The van der Waals surface area contributed by atoms with Crippen molar-refractivity contribution in [1.29, 1.82) is 0 Å². The van der Waals surface area contributed by atoms with Crippen LogP contribution in [0.15, 0.2) is 281 Å². The summed E-state index contributed by atoms with van der Waals surface area (Å²) in [7, 11) is -8.91. The summed E-state index contributed by atoms with van der Waals surface area (Å²) in [4.78, 5) is 35.6. The summed E-state index contributed by atoms with van der Waals surface area (Å²) in [5.74, 6) is 1.55. The van der Waals surface area contributed by atoms with Crippen LogP contribution in [0.25, 0.3) is 136 Å². The smallest absolute Gasteiger partial charge is 0.189 e. The van der Waals surface area contributed by atoms with Crippen LogP contribution in [0.1, 0.15) is 90.0 Å². The fourth-order valence-electron chi connectivity index (χ4n) is 12.8. The molecule has 0 aliphatic heterocycles. The van der Waals surface area contributed by atoms with E-state index in [2.05, 4.69) is 81.8 Å². The molecule has 0 bridgehead atoms. The van der Waals surface area contributed by atoms with Gasteiger partial charge in [-0.25, -0.2) is 73.5 Å². The number of sulfone groups is 4. The highest BCUT2D eigenvalue weighted by Gasteiger charge is 2.27. The highest BCUT2D eigenvalue weighted by Crippen LogP contribution is 2.37. The van der Waals surface area contributed by atoms with Gasteiger partial charge in [-0.2, -0.15) is 0 Å². The minimum Gasteiger partial charge on any atom is -0.382 e. The molecule has 32 nitrogen and oxygen atoms in total. The van der Waals surface area contributed by atoms with Crippen LogP contribution >= 0.6 is 0 Å². The predicted molar refractivity (Wildman–Crippen MR) is 512 cm³/mol. The Balaban J connectivity index is 0.000000158. The van der Waals surface area contributed by atoms with Crippen molar-refractivity contribution in [2.24, 2.45) is 0 Å². The number of rotatable bonds is 28. The molecule has 0 aliphatic carbocycles. The molecule has 8 heterocycles. The van der Waals surface area contributed by atoms with Crippen LogP contribution in [0, 0.1) is 0 Å². The van der Waals surface area contributed by atoms with Gasteiger partial charge in [0.1, 0.15) is 22.8 Å². The van der Waals surface area contributed by atoms with Gasteiger partial charge in [0.15, 0.2) is 108 Å². The van der Waals surface area contributed by atoms with Gasteiger partial charge >= 0.3 is 0 Å². The fourth-order valence-corrected chi connectivity index (χ4v) is 16.9. The summed E-state index contributed by atoms with van der Waals surface area (Å²) in [6.45, 7) is 8.97. The average molecular weight is 1860 g/mol. The van der Waals surface area contributed by atoms with Gasteiger partial charge in [0.25, 0.3) is 0 Å². The normalized spacial score (nSPS) is 13.3. The SMILES string of the molecule is [2H]C(NC)c1ccc(-c2cc(-c3nc(-c4ccc(S(=O)(=O)C(C)C)cc4)cnc3N)on2)cc1.[2H]C([2H])([2H])NCc1ccc(-c2cc(-c3nc(-c4ccc(S(=O)(=O)C([2H])(C)C)cc4)cnc3N)on2)cc1.[2H]c1c(-c2ccc(C([2H])([2H])NC)cc2)noc1-c1nc(-c2ccc(S(=O)(=O)C(C)C)cc2)cnc1N.[2H]c1cc(S(=O)(=O)C(C)C)ccc1-c1cnc(N)c(-c2cc(-c3ccc(CNC)cc3)no2)n1. The molecule has 132 heavy (non-hydrogen) atoms. The first kappa shape index (κ1) is 83.4. The van der Waals surface area contributed by atoms with E-state index < -0.39 is 80.3 Å². The molecule has 1 atom stereocenters. The van der Waals surface area contributed by atoms with Crippen molar-refractivity contribution in [2.45, 2.75) is 122 Å². The zero-order chi connectivity index (χ0) is 102. The molecular formula is C96H100N20O12S4. The molecular weight excluding hydrogens is 1750 g/mol. The Morgan fingerprint density at radius 1 is 0.333 bits per heavy atom. The summed E-state index contributed by atoms with van der Waals surface area (Å²) >= 11 is 0. The monoisotopic (exact) mass is 1860 g/mol. The zero-order valence-electron chi connectivity index (χ0n) is 82.4. The molecule has 12 N–H and O–H groups in total. The van der Waals surface area contributed by atoms with Crippen LogP contribution in [0.5, 0.6) is 0 Å². The van der Waals surface area contributed by atoms with E-state index in [0.29, 0.717) is 102 Å². The zero-order valence-corrected chi connectivity index (χ0v) is 76.6. The van der Waals surface area contributed by atoms with Crippen LogP contribution in [0.2, 0.25) is 0 Å². The molecule has 0 saturated heterocycles. The maximum atomic E-state index is 12.5. The number of nitrogen functional groups attached to an aromatic ring is 4. The highest BCUT2D eigenvalue weighted by atomic mass is 32.2. The molecule has 16 rings (SSSR count). The number of hydrogen-bond donors (Lipinski definition) is 8. The Labute approximate surface area is 778 Å². The predicted octanol–water partition coefficient (Wildman–Crippen LogP) is 15.8. The van der Waals surface area contributed by atoms with Crippen molar-refractivity contribution < 1.29 is 64.1 Å². The Bertz CT molecular complexity index is 7660. The first-order chi connectivity index (χ1) is 66.6. The minimum absolute atomic E-state index is 0.0201. The number of aromatic nitrogens is 12. The van der Waals surface area contributed by atoms with Crippen molar-refractivity contribution in [2.75, 3.05) is 51.1 Å². The lowest BCUT2D eigenvalue weighted by Crippen LogP contribution is -2.13. The second kappa shape index (κ2) is 41.7. The second-order valence-corrected chi connectivity index (χ2v) is 40.5. The van der Waals surface area contributed by atoms with Crippen LogP contribution in [-0.2, 0) is 65.5 Å². The quantitative estimate of drug-likeness (QED) is 0.0226. The summed E-state index contributed by atoms with van der Waals surface area (Å²) in [5, 5.41) is 24.1. The van der Waals surface area contributed by atoms with E-state index in [1.54, 1.807) is 170 Å². The topological polar surface area (TPSA) is 496 Å². The molecule has 0 radical (unpaired) electrons. The van der Waals surface area contributed by atoms with E-state index in [1.165, 1.54) is 82.1 Å².